The van der Waals surface area contributed by atoms with Gasteiger partial charge in [0, 0.05) is 23.4 Å². The predicted octanol–water partition coefficient (Wildman–Crippen LogP) is 3.58. The van der Waals surface area contributed by atoms with Gasteiger partial charge in [-0.15, -0.1) is 10.2 Å². The maximum absolute atomic E-state index is 12.3. The van der Waals surface area contributed by atoms with Gasteiger partial charge in [0.2, 0.25) is 0 Å². The van der Waals surface area contributed by atoms with Gasteiger partial charge >= 0.3 is 0 Å². The standard InChI is InChI=1S/C19H13N5O3/c25-19(13-5-2-1-3-6-13)20-14-9-10-17-18(11-14)22-23(21-17)15-7-4-8-16(12-15)24(26)27/h1-12H,(H,20,25). The molecular formula is C19H13N5O3. The summed E-state index contributed by atoms with van der Waals surface area (Å²) < 4.78 is 0. The van der Waals surface area contributed by atoms with Gasteiger partial charge in [-0.1, -0.05) is 24.3 Å². The van der Waals surface area contributed by atoms with Crippen LogP contribution in [0.15, 0.2) is 72.8 Å². The largest absolute Gasteiger partial charge is 0.322 e. The van der Waals surface area contributed by atoms with E-state index in [0.717, 1.165) is 0 Å². The van der Waals surface area contributed by atoms with Crippen molar-refractivity contribution in [1.82, 2.24) is 15.0 Å². The van der Waals surface area contributed by atoms with Crippen molar-refractivity contribution in [2.45, 2.75) is 0 Å². The molecule has 4 aromatic rings. The molecular weight excluding hydrogens is 346 g/mol. The van der Waals surface area contributed by atoms with Crippen LogP contribution in [0.3, 0.4) is 0 Å². The Labute approximate surface area is 153 Å². The molecule has 8 heteroatoms. The Morgan fingerprint density at radius 2 is 1.70 bits per heavy atom. The molecule has 0 saturated carbocycles. The minimum atomic E-state index is -0.468. The molecule has 0 atom stereocenters. The van der Waals surface area contributed by atoms with Crippen LogP contribution < -0.4 is 5.32 Å². The van der Waals surface area contributed by atoms with Crippen LogP contribution in [0.2, 0.25) is 0 Å². The van der Waals surface area contributed by atoms with Gasteiger partial charge < -0.3 is 5.32 Å². The van der Waals surface area contributed by atoms with Crippen LogP contribution in [0.25, 0.3) is 16.7 Å². The maximum Gasteiger partial charge on any atom is 0.271 e. The minimum Gasteiger partial charge on any atom is -0.322 e. The minimum absolute atomic E-state index is 0.0373. The molecule has 1 heterocycles. The van der Waals surface area contributed by atoms with Crippen molar-refractivity contribution in [2.24, 2.45) is 0 Å². The van der Waals surface area contributed by atoms with E-state index in [4.69, 9.17) is 0 Å². The van der Waals surface area contributed by atoms with E-state index >= 15 is 0 Å². The number of aromatic nitrogens is 3. The van der Waals surface area contributed by atoms with Gasteiger partial charge in [0.05, 0.1) is 10.6 Å². The first-order valence-electron chi connectivity index (χ1n) is 8.08. The number of carbonyl (C=O) groups excluding carboxylic acids is 1. The van der Waals surface area contributed by atoms with E-state index in [2.05, 4.69) is 15.5 Å². The summed E-state index contributed by atoms with van der Waals surface area (Å²) in [6.07, 6.45) is 0. The molecule has 1 N–H and O–H groups in total. The molecule has 0 fully saturated rings. The Bertz CT molecular complexity index is 1150. The van der Waals surface area contributed by atoms with Gasteiger partial charge in [0.15, 0.2) is 0 Å². The van der Waals surface area contributed by atoms with Crippen molar-refractivity contribution in [3.05, 3.63) is 88.5 Å². The molecule has 132 valence electrons. The monoisotopic (exact) mass is 359 g/mol. The van der Waals surface area contributed by atoms with E-state index in [9.17, 15) is 14.9 Å². The van der Waals surface area contributed by atoms with E-state index in [1.807, 2.05) is 6.07 Å². The number of benzene rings is 3. The van der Waals surface area contributed by atoms with Gasteiger partial charge in [0.1, 0.15) is 11.0 Å². The zero-order valence-corrected chi connectivity index (χ0v) is 13.9. The summed E-state index contributed by atoms with van der Waals surface area (Å²) in [6, 6.07) is 20.1. The fourth-order valence-corrected chi connectivity index (χ4v) is 2.63. The SMILES string of the molecule is O=C(Nc1ccc2nn(-c3cccc([N+](=O)[O-])c3)nc2c1)c1ccccc1. The molecule has 0 spiro atoms. The van der Waals surface area contributed by atoms with Crippen LogP contribution in [-0.2, 0) is 0 Å². The highest BCUT2D eigenvalue weighted by atomic mass is 16.6. The molecule has 0 aliphatic carbocycles. The van der Waals surface area contributed by atoms with Crippen molar-refractivity contribution >= 4 is 28.3 Å². The highest BCUT2D eigenvalue weighted by Crippen LogP contribution is 2.20. The van der Waals surface area contributed by atoms with Crippen molar-refractivity contribution in [1.29, 1.82) is 0 Å². The van der Waals surface area contributed by atoms with E-state index in [-0.39, 0.29) is 11.6 Å². The molecule has 0 aliphatic heterocycles. The molecule has 1 aromatic heterocycles. The summed E-state index contributed by atoms with van der Waals surface area (Å²) in [5.41, 5.74) is 2.76. The smallest absolute Gasteiger partial charge is 0.271 e. The molecule has 8 nitrogen and oxygen atoms in total. The van der Waals surface area contributed by atoms with Crippen LogP contribution in [-0.4, -0.2) is 25.8 Å². The number of hydrogen-bond acceptors (Lipinski definition) is 5. The van der Waals surface area contributed by atoms with E-state index < -0.39 is 4.92 Å². The Morgan fingerprint density at radius 1 is 0.926 bits per heavy atom. The van der Waals surface area contributed by atoms with Gasteiger partial charge in [-0.2, -0.15) is 4.80 Å². The van der Waals surface area contributed by atoms with Crippen molar-refractivity contribution in [2.75, 3.05) is 5.32 Å². The fraction of sp³-hybridized carbons (Fsp3) is 0. The molecule has 0 bridgehead atoms. The lowest BCUT2D eigenvalue weighted by Gasteiger charge is -2.04. The topological polar surface area (TPSA) is 103 Å². The Balaban J connectivity index is 1.63. The maximum atomic E-state index is 12.3. The number of carbonyl (C=O) groups is 1. The third-order valence-corrected chi connectivity index (χ3v) is 3.95. The molecule has 4 rings (SSSR count). The van der Waals surface area contributed by atoms with E-state index in [0.29, 0.717) is 28.0 Å². The normalized spacial score (nSPS) is 10.7. The molecule has 0 saturated heterocycles. The summed E-state index contributed by atoms with van der Waals surface area (Å²) >= 11 is 0. The van der Waals surface area contributed by atoms with Crippen LogP contribution in [0.1, 0.15) is 10.4 Å². The first-order valence-corrected chi connectivity index (χ1v) is 8.08. The highest BCUT2D eigenvalue weighted by Gasteiger charge is 2.11. The van der Waals surface area contributed by atoms with Gasteiger partial charge in [-0.25, -0.2) is 0 Å². The third kappa shape index (κ3) is 3.36. The van der Waals surface area contributed by atoms with Crippen LogP contribution in [0, 0.1) is 10.1 Å². The van der Waals surface area contributed by atoms with Gasteiger partial charge in [-0.05, 0) is 36.4 Å². The number of nitro benzene ring substituents is 1. The quantitative estimate of drug-likeness (QED) is 0.443. The number of nitrogens with zero attached hydrogens (tertiary/aromatic N) is 4. The summed E-state index contributed by atoms with van der Waals surface area (Å²) in [6.45, 7) is 0. The van der Waals surface area contributed by atoms with Crippen molar-refractivity contribution in [3.63, 3.8) is 0 Å². The van der Waals surface area contributed by atoms with Crippen LogP contribution in [0.5, 0.6) is 0 Å². The van der Waals surface area contributed by atoms with Crippen molar-refractivity contribution in [3.8, 4) is 5.69 Å². The number of amides is 1. The lowest BCUT2D eigenvalue weighted by Crippen LogP contribution is -2.11. The third-order valence-electron chi connectivity index (χ3n) is 3.95. The van der Waals surface area contributed by atoms with Crippen LogP contribution in [0.4, 0.5) is 11.4 Å². The molecule has 0 aliphatic rings. The molecule has 27 heavy (non-hydrogen) atoms. The number of hydrogen-bond donors (Lipinski definition) is 1. The lowest BCUT2D eigenvalue weighted by atomic mass is 10.2. The summed E-state index contributed by atoms with van der Waals surface area (Å²) in [4.78, 5) is 24.1. The zero-order valence-electron chi connectivity index (χ0n) is 13.9. The Morgan fingerprint density at radius 3 is 2.48 bits per heavy atom. The summed E-state index contributed by atoms with van der Waals surface area (Å²) in [7, 11) is 0. The first kappa shape index (κ1) is 16.4. The first-order chi connectivity index (χ1) is 13.1. The number of fused-ring (bicyclic) bond motifs is 1. The van der Waals surface area contributed by atoms with Crippen molar-refractivity contribution < 1.29 is 9.72 Å². The Kier molecular flexibility index (Phi) is 4.06. The number of nitro groups is 1. The van der Waals surface area contributed by atoms with Crippen LogP contribution >= 0.6 is 0 Å². The predicted molar refractivity (Wildman–Crippen MR) is 99.9 cm³/mol. The number of nitrogens with one attached hydrogen (secondary N) is 1. The second-order valence-corrected chi connectivity index (χ2v) is 5.79. The molecule has 3 aromatic carbocycles. The summed E-state index contributed by atoms with van der Waals surface area (Å²) in [5.74, 6) is -0.221. The average Bonchev–Trinajstić information content (AvgIpc) is 3.12. The molecule has 1 amide bonds. The fourth-order valence-electron chi connectivity index (χ4n) is 2.63. The van der Waals surface area contributed by atoms with E-state index in [1.54, 1.807) is 54.6 Å². The number of rotatable bonds is 4. The summed E-state index contributed by atoms with van der Waals surface area (Å²) in [5, 5.41) is 22.4. The lowest BCUT2D eigenvalue weighted by molar-refractivity contribution is -0.384. The average molecular weight is 359 g/mol. The van der Waals surface area contributed by atoms with E-state index in [1.165, 1.54) is 16.9 Å². The number of anilines is 1. The zero-order chi connectivity index (χ0) is 18.8. The van der Waals surface area contributed by atoms with Gasteiger partial charge in [-0.3, -0.25) is 14.9 Å². The number of non-ortho nitro benzene ring substituents is 1. The second-order valence-electron chi connectivity index (χ2n) is 5.79. The van der Waals surface area contributed by atoms with Gasteiger partial charge in [0.25, 0.3) is 11.6 Å². The highest BCUT2D eigenvalue weighted by molar-refractivity contribution is 6.04. The Hall–Kier alpha value is -4.07. The molecule has 0 radical (unpaired) electrons. The molecule has 0 unspecified atom stereocenters. The second kappa shape index (κ2) is 6.68.